The fourth-order valence-corrected chi connectivity index (χ4v) is 6.89. The summed E-state index contributed by atoms with van der Waals surface area (Å²) >= 11 is 0. The van der Waals surface area contributed by atoms with Crippen molar-refractivity contribution >= 4 is 12.1 Å². The maximum atomic E-state index is 10.8. The molecule has 1 aromatic rings. The number of nitrogens with zero attached hydrogens (tertiary/aromatic N) is 4. The summed E-state index contributed by atoms with van der Waals surface area (Å²) in [5, 5.41) is 5.26. The Kier molecular flexibility index (Phi) is 8.66. The average Bonchev–Trinajstić information content (AvgIpc) is 3.66. The number of likely N-dealkylation sites (tertiary alicyclic amines) is 2. The minimum absolute atomic E-state index is 0.448. The molecular weight excluding hydrogens is 472 g/mol. The van der Waals surface area contributed by atoms with E-state index in [1.54, 1.807) is 0 Å². The van der Waals surface area contributed by atoms with Gasteiger partial charge in [0.1, 0.15) is 5.84 Å². The van der Waals surface area contributed by atoms with E-state index in [4.69, 9.17) is 0 Å². The van der Waals surface area contributed by atoms with E-state index in [2.05, 4.69) is 45.6 Å². The molecule has 0 aromatic heterocycles. The van der Waals surface area contributed by atoms with E-state index < -0.39 is 6.17 Å². The molecule has 6 aliphatic rings. The van der Waals surface area contributed by atoms with Crippen LogP contribution < -0.4 is 10.7 Å². The van der Waals surface area contributed by atoms with Gasteiger partial charge in [0.05, 0.1) is 5.70 Å². The molecule has 0 amide bonds. The van der Waals surface area contributed by atoms with Gasteiger partial charge in [0, 0.05) is 31.4 Å². The normalized spacial score (nSPS) is 33.5. The van der Waals surface area contributed by atoms with Gasteiger partial charge >= 0.3 is 0 Å². The van der Waals surface area contributed by atoms with Crippen molar-refractivity contribution in [2.75, 3.05) is 33.2 Å². The maximum Gasteiger partial charge on any atom is 0.174 e. The van der Waals surface area contributed by atoms with Crippen LogP contribution in [0.3, 0.4) is 0 Å². The summed E-state index contributed by atoms with van der Waals surface area (Å²) in [4.78, 5) is 20.2. The van der Waals surface area contributed by atoms with Crippen molar-refractivity contribution in [1.82, 2.24) is 25.6 Å². The van der Waals surface area contributed by atoms with E-state index in [0.717, 1.165) is 54.2 Å². The number of nitrogens with one attached hydrogen (secondary N) is 2. The molecule has 38 heavy (non-hydrogen) atoms. The Hall–Kier alpha value is -2.48. The number of carbonyl (C=O) groups is 1. The van der Waals surface area contributed by atoms with Crippen molar-refractivity contribution in [3.8, 4) is 0 Å². The van der Waals surface area contributed by atoms with Gasteiger partial charge in [-0.2, -0.15) is 5.43 Å². The maximum absolute atomic E-state index is 10.8. The Morgan fingerprint density at radius 3 is 2.24 bits per heavy atom. The molecule has 0 radical (unpaired) electrons. The highest BCUT2D eigenvalue weighted by molar-refractivity contribution is 6.01. The molecule has 2 saturated carbocycles. The molecule has 7 rings (SSSR count). The lowest BCUT2D eigenvalue weighted by Gasteiger charge is -2.59. The predicted octanol–water partition coefficient (Wildman–Crippen LogP) is 4.17. The number of amidine groups is 1. The largest absolute Gasteiger partial charge is 0.370 e. The van der Waals surface area contributed by atoms with Gasteiger partial charge in [0.2, 0.25) is 0 Å². The Morgan fingerprint density at radius 1 is 1.03 bits per heavy atom. The highest BCUT2D eigenvalue weighted by Crippen LogP contribution is 2.57. The number of rotatable bonds is 4. The van der Waals surface area contributed by atoms with E-state index in [9.17, 15) is 4.79 Å². The molecule has 2 aliphatic carbocycles. The second-order valence-corrected chi connectivity index (χ2v) is 12.1. The summed E-state index contributed by atoms with van der Waals surface area (Å²) in [7, 11) is 2.11. The van der Waals surface area contributed by atoms with E-state index >= 15 is 0 Å². The molecule has 2 atom stereocenters. The van der Waals surface area contributed by atoms with Crippen LogP contribution in [0.5, 0.6) is 0 Å². The fourth-order valence-electron chi connectivity index (χ4n) is 6.89. The number of carbonyl (C=O) groups excluding carboxylic acids is 1. The SMILES string of the molecule is CC1=CC(N2CCC(C)C2)=CN2NC(C=O)N=C12.CNC1CC2(C1)CC(N1CCCC1)C2.c1ccccc1. The summed E-state index contributed by atoms with van der Waals surface area (Å²) in [6.45, 7) is 9.30. The van der Waals surface area contributed by atoms with Gasteiger partial charge in [0.25, 0.3) is 0 Å². The zero-order valence-corrected chi connectivity index (χ0v) is 23.5. The van der Waals surface area contributed by atoms with Crippen LogP contribution in [-0.4, -0.2) is 78.4 Å². The smallest absolute Gasteiger partial charge is 0.174 e. The molecule has 1 spiro atoms. The van der Waals surface area contributed by atoms with Crippen LogP contribution in [0.4, 0.5) is 0 Å². The van der Waals surface area contributed by atoms with Crippen LogP contribution in [0.2, 0.25) is 0 Å². The molecule has 2 N–H and O–H groups in total. The van der Waals surface area contributed by atoms with Gasteiger partial charge < -0.3 is 15.1 Å². The van der Waals surface area contributed by atoms with Crippen molar-refractivity contribution in [1.29, 1.82) is 0 Å². The monoisotopic (exact) mass is 518 g/mol. The Balaban J connectivity index is 0.000000130. The average molecular weight is 519 g/mol. The molecule has 7 nitrogen and oxygen atoms in total. The summed E-state index contributed by atoms with van der Waals surface area (Å²) in [6, 6.07) is 13.8. The van der Waals surface area contributed by atoms with Gasteiger partial charge in [-0.15, -0.1) is 0 Å². The van der Waals surface area contributed by atoms with Gasteiger partial charge in [-0.25, -0.2) is 4.99 Å². The number of allylic oxidation sites excluding steroid dienone is 1. The zero-order chi connectivity index (χ0) is 26.5. The second kappa shape index (κ2) is 12.1. The Labute approximate surface area is 229 Å². The lowest BCUT2D eigenvalue weighted by atomic mass is 9.52. The van der Waals surface area contributed by atoms with Gasteiger partial charge in [-0.05, 0) is 95.0 Å². The first-order valence-corrected chi connectivity index (χ1v) is 14.6. The first kappa shape index (κ1) is 27.1. The summed E-state index contributed by atoms with van der Waals surface area (Å²) in [5.74, 6) is 1.60. The predicted molar refractivity (Wildman–Crippen MR) is 154 cm³/mol. The topological polar surface area (TPSA) is 63.2 Å². The minimum Gasteiger partial charge on any atom is -0.370 e. The first-order valence-electron chi connectivity index (χ1n) is 14.6. The van der Waals surface area contributed by atoms with E-state index in [1.807, 2.05) is 54.5 Å². The number of hydrazine groups is 1. The van der Waals surface area contributed by atoms with Gasteiger partial charge in [-0.1, -0.05) is 43.3 Å². The van der Waals surface area contributed by atoms with Crippen LogP contribution >= 0.6 is 0 Å². The minimum atomic E-state index is -0.448. The molecule has 206 valence electrons. The van der Waals surface area contributed by atoms with Crippen LogP contribution in [0.25, 0.3) is 0 Å². The van der Waals surface area contributed by atoms with Crippen LogP contribution in [-0.2, 0) is 4.79 Å². The quantitative estimate of drug-likeness (QED) is 0.584. The molecular formula is C31H46N6O. The third-order valence-corrected chi connectivity index (χ3v) is 9.09. The van der Waals surface area contributed by atoms with Gasteiger partial charge in [0.15, 0.2) is 12.5 Å². The van der Waals surface area contributed by atoms with E-state index in [0.29, 0.717) is 0 Å². The second-order valence-electron chi connectivity index (χ2n) is 12.1. The number of aliphatic imine (C=N–C) groups is 1. The Bertz CT molecular complexity index is 989. The lowest BCUT2D eigenvalue weighted by Crippen LogP contribution is -2.59. The molecule has 7 heteroatoms. The highest BCUT2D eigenvalue weighted by Gasteiger charge is 2.53. The third-order valence-electron chi connectivity index (χ3n) is 9.09. The number of aldehydes is 1. The summed E-state index contributed by atoms with van der Waals surface area (Å²) in [5.41, 5.74) is 6.15. The molecule has 4 aliphatic heterocycles. The molecule has 4 heterocycles. The van der Waals surface area contributed by atoms with Crippen molar-refractivity contribution in [3.63, 3.8) is 0 Å². The van der Waals surface area contributed by atoms with Crippen LogP contribution in [0.15, 0.2) is 64.9 Å². The first-order chi connectivity index (χ1) is 18.5. The lowest BCUT2D eigenvalue weighted by molar-refractivity contribution is -0.109. The number of hydrogen-bond acceptors (Lipinski definition) is 7. The van der Waals surface area contributed by atoms with E-state index in [-0.39, 0.29) is 0 Å². The number of fused-ring (bicyclic) bond motifs is 1. The summed E-state index contributed by atoms with van der Waals surface area (Å²) in [6.07, 6.45) is 14.6. The molecule has 1 aromatic carbocycles. The molecule has 2 saturated heterocycles. The highest BCUT2D eigenvalue weighted by atomic mass is 16.1. The standard InChI is InChI=1S/C13H18N4O.C12H22N2.C6H6/c1-9-3-4-16(6-9)11-5-10(2)13-14-12(8-18)15-17(13)7-11;1-13-10-6-12(7-10)8-11(9-12)14-4-2-3-5-14;1-2-4-6-5-3-1/h5,7-9,12,15H,3-4,6H2,1-2H3;10-11,13H,2-9H2,1H3;1-6H. The Morgan fingerprint density at radius 2 is 1.68 bits per heavy atom. The third kappa shape index (κ3) is 6.22. The van der Waals surface area contributed by atoms with Crippen LogP contribution in [0.1, 0.15) is 58.8 Å². The van der Waals surface area contributed by atoms with E-state index in [1.165, 1.54) is 63.7 Å². The number of benzene rings is 1. The zero-order valence-electron chi connectivity index (χ0n) is 23.5. The number of hydrogen-bond donors (Lipinski definition) is 2. The van der Waals surface area contributed by atoms with Crippen molar-refractivity contribution in [2.45, 2.75) is 77.0 Å². The molecule has 2 unspecified atom stereocenters. The van der Waals surface area contributed by atoms with Crippen molar-refractivity contribution < 1.29 is 4.79 Å². The van der Waals surface area contributed by atoms with Crippen molar-refractivity contribution in [3.05, 3.63) is 59.9 Å². The summed E-state index contributed by atoms with van der Waals surface area (Å²) < 4.78 is 0. The van der Waals surface area contributed by atoms with Gasteiger partial charge in [-0.3, -0.25) is 9.80 Å². The fraction of sp³-hybridized carbons (Fsp3) is 0.613. The van der Waals surface area contributed by atoms with Crippen LogP contribution in [0, 0.1) is 11.3 Å². The molecule has 4 fully saturated rings. The van der Waals surface area contributed by atoms with Crippen molar-refractivity contribution in [2.24, 2.45) is 16.3 Å². The molecule has 0 bridgehead atoms.